The number of rotatable bonds is 14. The number of nitrogens with one attached hydrogen (secondary N) is 3. The Balaban J connectivity index is 0.000000158. The number of aliphatic hydroxyl groups is 2. The van der Waals surface area contributed by atoms with Crippen molar-refractivity contribution < 1.29 is 31.8 Å². The highest BCUT2D eigenvalue weighted by atomic mass is 35.7. The molecule has 16 nitrogen and oxygen atoms in total. The molecule has 2 fully saturated rings. The molecule has 5 N–H and O–H groups in total. The van der Waals surface area contributed by atoms with Gasteiger partial charge in [-0.3, -0.25) is 0 Å². The van der Waals surface area contributed by atoms with E-state index in [9.17, 15) is 27.0 Å². The fraction of sp³-hybridized carbons (Fsp3) is 0.673. The van der Waals surface area contributed by atoms with Crippen molar-refractivity contribution in [3.8, 4) is 0 Å². The van der Waals surface area contributed by atoms with E-state index in [2.05, 4.69) is 67.7 Å². The number of ether oxygens (including phenoxy) is 1. The smallest absolute Gasteiger partial charge is 0.298 e. The van der Waals surface area contributed by atoms with Gasteiger partial charge in [0, 0.05) is 55.7 Å². The number of H-pyrrole nitrogens is 1. The van der Waals surface area contributed by atoms with Crippen LogP contribution in [0.2, 0.25) is 25.7 Å². The maximum atomic E-state index is 13.0. The number of aromatic nitrogens is 6. The molecule has 1 saturated heterocycles. The zero-order chi connectivity index (χ0) is 49.5. The Morgan fingerprint density at radius 1 is 0.739 bits per heavy atom. The van der Waals surface area contributed by atoms with Crippen LogP contribution in [0.3, 0.4) is 0 Å². The third-order valence-electron chi connectivity index (χ3n) is 15.1. The predicted octanol–water partition coefficient (Wildman–Crippen LogP) is 8.49. The minimum absolute atomic E-state index is 0.0951. The third-order valence-corrected chi connectivity index (χ3v) is 19.5. The molecule has 5 aliphatic carbocycles. The van der Waals surface area contributed by atoms with Crippen molar-refractivity contribution in [2.24, 2.45) is 11.8 Å². The summed E-state index contributed by atoms with van der Waals surface area (Å²) in [7, 11) is -3.50. The second kappa shape index (κ2) is 20.6. The monoisotopic (exact) mass is 1030 g/mol. The van der Waals surface area contributed by atoms with E-state index < -0.39 is 43.5 Å². The lowest BCUT2D eigenvalue weighted by Crippen LogP contribution is -2.35. The van der Waals surface area contributed by atoms with Crippen molar-refractivity contribution in [3.63, 3.8) is 0 Å². The molecule has 380 valence electrons. The van der Waals surface area contributed by atoms with Gasteiger partial charge < -0.3 is 25.6 Å². The molecule has 6 aliphatic rings. The van der Waals surface area contributed by atoms with Gasteiger partial charge >= 0.3 is 0 Å². The van der Waals surface area contributed by atoms with Crippen LogP contribution in [-0.2, 0) is 81.9 Å². The first kappa shape index (κ1) is 51.9. The SMILES string of the molecule is CC(C)(O)C1CCCC1.CC(C)(O)C1CCN(S(=O)(=O)c2nc(Nc3c4c(cc5c3CCC5)CCC4)n[nH]2)C1.C[Si](C)(C)CCOCn1nc(S(=O)(=O)Cl)nc1Nc1c2c(cc3c1CCC3)CCC2. The van der Waals surface area contributed by atoms with Crippen LogP contribution in [0.15, 0.2) is 22.4 Å². The molecule has 1 aliphatic heterocycles. The van der Waals surface area contributed by atoms with Crippen LogP contribution < -0.4 is 10.6 Å². The molecule has 69 heavy (non-hydrogen) atoms. The molecular formula is C49H74ClN9O7S2Si. The number of benzene rings is 2. The van der Waals surface area contributed by atoms with Crippen LogP contribution in [0.4, 0.5) is 23.3 Å². The number of hydrogen-bond donors (Lipinski definition) is 5. The van der Waals surface area contributed by atoms with Crippen LogP contribution in [-0.4, -0.2) is 100 Å². The van der Waals surface area contributed by atoms with Crippen LogP contribution >= 0.6 is 10.7 Å². The molecule has 1 unspecified atom stereocenters. The largest absolute Gasteiger partial charge is 0.390 e. The van der Waals surface area contributed by atoms with Crippen LogP contribution in [0.1, 0.15) is 130 Å². The summed E-state index contributed by atoms with van der Waals surface area (Å²) < 4.78 is 58.4. The Morgan fingerprint density at radius 3 is 1.70 bits per heavy atom. The van der Waals surface area contributed by atoms with Gasteiger partial charge in [0.05, 0.1) is 11.2 Å². The maximum absolute atomic E-state index is 13.0. The number of sulfonamides is 1. The van der Waals surface area contributed by atoms with Gasteiger partial charge in [0.15, 0.2) is 0 Å². The third kappa shape index (κ3) is 12.3. The van der Waals surface area contributed by atoms with Gasteiger partial charge in [-0.25, -0.2) is 26.6 Å². The molecule has 1 saturated carbocycles. The number of hydrogen-bond acceptors (Lipinski definition) is 13. The van der Waals surface area contributed by atoms with E-state index in [1.807, 2.05) is 13.8 Å². The maximum Gasteiger partial charge on any atom is 0.298 e. The van der Waals surface area contributed by atoms with E-state index in [0.717, 1.165) is 94.5 Å². The topological polar surface area (TPSA) is 218 Å². The Bertz CT molecular complexity index is 2650. The van der Waals surface area contributed by atoms with Crippen LogP contribution in [0.5, 0.6) is 0 Å². The van der Waals surface area contributed by atoms with E-state index in [0.29, 0.717) is 37.4 Å². The molecule has 0 amide bonds. The lowest BCUT2D eigenvalue weighted by Gasteiger charge is -2.25. The number of anilines is 4. The average Bonchev–Trinajstić information content (AvgIpc) is 4.12. The molecule has 1 atom stereocenters. The Morgan fingerprint density at radius 2 is 1.25 bits per heavy atom. The van der Waals surface area contributed by atoms with Crippen molar-refractivity contribution in [2.75, 3.05) is 30.3 Å². The van der Waals surface area contributed by atoms with Crippen LogP contribution in [0, 0.1) is 11.8 Å². The molecule has 4 aromatic rings. The lowest BCUT2D eigenvalue weighted by atomic mass is 9.90. The minimum Gasteiger partial charge on any atom is -0.390 e. The number of fused-ring (bicyclic) bond motifs is 4. The second-order valence-corrected chi connectivity index (χ2v) is 32.3. The highest BCUT2D eigenvalue weighted by molar-refractivity contribution is 8.13. The number of halogens is 1. The molecule has 20 heteroatoms. The van der Waals surface area contributed by atoms with E-state index in [4.69, 9.17) is 15.4 Å². The van der Waals surface area contributed by atoms with Gasteiger partial charge in [0.1, 0.15) is 6.73 Å². The van der Waals surface area contributed by atoms with Crippen LogP contribution in [0.25, 0.3) is 0 Å². The summed E-state index contributed by atoms with van der Waals surface area (Å²) in [5.41, 5.74) is 11.7. The quantitative estimate of drug-likeness (QED) is 0.0455. The Hall–Kier alpha value is -3.43. The van der Waals surface area contributed by atoms with Gasteiger partial charge in [-0.05, 0) is 180 Å². The van der Waals surface area contributed by atoms with Crippen molar-refractivity contribution in [1.82, 2.24) is 34.3 Å². The average molecular weight is 1030 g/mol. The van der Waals surface area contributed by atoms with Gasteiger partial charge in [0.25, 0.3) is 29.4 Å². The standard InChI is InChI=1S/C21H29N5O3S.C20H29ClN4O3SSi.C8H16O/c1-21(2,27)15-9-10-26(12-15)30(28,29)20-23-19(24-25-20)22-18-16-7-3-5-13(16)11-14-6-4-8-17(14)18;1-30(2,3)11-10-28-13-25-19(23-20(24-25)29(21,26)27)22-18-16-8-4-6-14(16)12-15-7-5-9-17(15)18;1-8(2,9)7-5-3-4-6-7/h11,15,27H,3-10,12H2,1-2H3,(H2,22,23,24,25);12H,4-11,13H2,1-3H3,(H,22,23,24);7,9H,3-6H2,1-2H3. The number of aromatic amines is 1. The fourth-order valence-corrected chi connectivity index (χ4v) is 13.7. The fourth-order valence-electron chi connectivity index (χ4n) is 11.0. The molecule has 0 spiro atoms. The first-order valence-corrected chi connectivity index (χ1v) is 32.6. The number of nitrogens with zero attached hydrogens (tertiary/aromatic N) is 6. The zero-order valence-electron chi connectivity index (χ0n) is 41.7. The summed E-state index contributed by atoms with van der Waals surface area (Å²) in [6.45, 7) is 15.5. The van der Waals surface area contributed by atoms with E-state index >= 15 is 0 Å². The normalized spacial score (nSPS) is 19.4. The highest BCUT2D eigenvalue weighted by Gasteiger charge is 2.40. The molecule has 0 radical (unpaired) electrons. The van der Waals surface area contributed by atoms with Crippen molar-refractivity contribution in [1.29, 1.82) is 0 Å². The zero-order valence-corrected chi connectivity index (χ0v) is 45.1. The molecule has 2 aromatic carbocycles. The lowest BCUT2D eigenvalue weighted by molar-refractivity contribution is 0.0200. The summed E-state index contributed by atoms with van der Waals surface area (Å²) in [5, 5.41) is 36.8. The summed E-state index contributed by atoms with van der Waals surface area (Å²) in [5.74, 6) is 1.12. The Kier molecular flexibility index (Phi) is 15.5. The summed E-state index contributed by atoms with van der Waals surface area (Å²) in [6, 6.07) is 5.73. The van der Waals surface area contributed by atoms with E-state index in [1.165, 1.54) is 79.2 Å². The highest BCUT2D eigenvalue weighted by Crippen LogP contribution is 2.42. The van der Waals surface area contributed by atoms with Gasteiger partial charge in [-0.2, -0.15) is 14.3 Å². The molecule has 0 bridgehead atoms. The van der Waals surface area contributed by atoms with E-state index in [1.54, 1.807) is 13.8 Å². The molecular weight excluding hydrogens is 954 g/mol. The molecule has 3 heterocycles. The molecule has 2 aromatic heterocycles. The Labute approximate surface area is 414 Å². The summed E-state index contributed by atoms with van der Waals surface area (Å²) >= 11 is 0. The molecule has 10 rings (SSSR count). The predicted molar refractivity (Wildman–Crippen MR) is 273 cm³/mol. The van der Waals surface area contributed by atoms with Crippen molar-refractivity contribution in [3.05, 3.63) is 56.6 Å². The van der Waals surface area contributed by atoms with Crippen molar-refractivity contribution in [2.45, 2.75) is 191 Å². The van der Waals surface area contributed by atoms with Gasteiger partial charge in [0.2, 0.25) is 11.9 Å². The van der Waals surface area contributed by atoms with Gasteiger partial charge in [-0.1, -0.05) is 44.6 Å². The summed E-state index contributed by atoms with van der Waals surface area (Å²) in [4.78, 5) is 8.49. The summed E-state index contributed by atoms with van der Waals surface area (Å²) in [6.07, 6.45) is 18.8. The second-order valence-electron chi connectivity index (χ2n) is 22.3. The van der Waals surface area contributed by atoms with Crippen molar-refractivity contribution >= 4 is 61.1 Å². The number of aryl methyl sites for hydroxylation is 4. The minimum atomic E-state index is -4.03. The van der Waals surface area contributed by atoms with E-state index in [-0.39, 0.29) is 24.3 Å². The first-order valence-electron chi connectivity index (χ1n) is 25.2. The first-order chi connectivity index (χ1) is 32.5. The van der Waals surface area contributed by atoms with Gasteiger partial charge in [-0.15, -0.1) is 10.2 Å².